The SMILES string of the molecule is Cc1nc(N[C@H](C)c2cccc(C#N)c2C)c2cn(C3(CF)CC3)c(=O)c(N3CCOCC3(C)C)c2n1. The van der Waals surface area contributed by atoms with Crippen LogP contribution in [0.4, 0.5) is 15.9 Å². The zero-order valence-corrected chi connectivity index (χ0v) is 22.1. The van der Waals surface area contributed by atoms with Gasteiger partial charge in [0.05, 0.1) is 47.4 Å². The molecule has 0 spiro atoms. The summed E-state index contributed by atoms with van der Waals surface area (Å²) in [5.74, 6) is 1.10. The van der Waals surface area contributed by atoms with Crippen LogP contribution < -0.4 is 15.8 Å². The number of alkyl halides is 1. The van der Waals surface area contributed by atoms with Gasteiger partial charge in [0.25, 0.3) is 5.56 Å². The van der Waals surface area contributed by atoms with Gasteiger partial charge in [0.1, 0.15) is 29.5 Å². The highest BCUT2D eigenvalue weighted by atomic mass is 19.1. The molecule has 8 nitrogen and oxygen atoms in total. The normalized spacial score (nSPS) is 18.9. The summed E-state index contributed by atoms with van der Waals surface area (Å²) in [6, 6.07) is 7.73. The smallest absolute Gasteiger partial charge is 0.277 e. The Morgan fingerprint density at radius 3 is 2.68 bits per heavy atom. The molecule has 0 unspecified atom stereocenters. The van der Waals surface area contributed by atoms with E-state index in [-0.39, 0.29) is 11.6 Å². The van der Waals surface area contributed by atoms with Crippen molar-refractivity contribution in [3.05, 3.63) is 57.3 Å². The van der Waals surface area contributed by atoms with Crippen molar-refractivity contribution in [1.29, 1.82) is 5.26 Å². The van der Waals surface area contributed by atoms with Gasteiger partial charge < -0.3 is 19.5 Å². The van der Waals surface area contributed by atoms with Gasteiger partial charge in [-0.25, -0.2) is 14.4 Å². The van der Waals surface area contributed by atoms with E-state index in [9.17, 15) is 14.4 Å². The van der Waals surface area contributed by atoms with Crippen molar-refractivity contribution in [3.63, 3.8) is 0 Å². The van der Waals surface area contributed by atoms with Crippen LogP contribution in [0.15, 0.2) is 29.2 Å². The molecule has 1 saturated carbocycles. The summed E-state index contributed by atoms with van der Waals surface area (Å²) in [6.07, 6.45) is 2.97. The average Bonchev–Trinajstić information content (AvgIpc) is 3.65. The quantitative estimate of drug-likeness (QED) is 0.527. The first kappa shape index (κ1) is 25.2. The number of rotatable bonds is 6. The third-order valence-electron chi connectivity index (χ3n) is 7.78. The van der Waals surface area contributed by atoms with Gasteiger partial charge in [-0.3, -0.25) is 4.79 Å². The molecule has 2 aromatic heterocycles. The first-order chi connectivity index (χ1) is 17.6. The van der Waals surface area contributed by atoms with Crippen molar-refractivity contribution in [2.45, 2.75) is 64.6 Å². The number of nitrogens with zero attached hydrogens (tertiary/aromatic N) is 5. The summed E-state index contributed by atoms with van der Waals surface area (Å²) in [5, 5.41) is 13.7. The number of pyridine rings is 1. The van der Waals surface area contributed by atoms with Gasteiger partial charge >= 0.3 is 0 Å². The Balaban J connectivity index is 1.72. The van der Waals surface area contributed by atoms with Gasteiger partial charge in [-0.1, -0.05) is 12.1 Å². The van der Waals surface area contributed by atoms with E-state index >= 15 is 0 Å². The highest BCUT2D eigenvalue weighted by Crippen LogP contribution is 2.44. The molecule has 2 aliphatic rings. The van der Waals surface area contributed by atoms with Crippen LogP contribution in [0.3, 0.4) is 0 Å². The third kappa shape index (κ3) is 4.23. The monoisotopic (exact) mass is 504 g/mol. The van der Waals surface area contributed by atoms with E-state index in [0.717, 1.165) is 11.1 Å². The van der Waals surface area contributed by atoms with Crippen molar-refractivity contribution >= 4 is 22.4 Å². The number of aryl methyl sites for hydroxylation is 1. The largest absolute Gasteiger partial charge is 0.377 e. The Hall–Kier alpha value is -3.51. The molecule has 1 aliphatic heterocycles. The van der Waals surface area contributed by atoms with Gasteiger partial charge in [0.15, 0.2) is 0 Å². The molecule has 1 N–H and O–H groups in total. The number of morpholine rings is 1. The lowest BCUT2D eigenvalue weighted by atomic mass is 9.98. The molecular formula is C28H33FN6O2. The van der Waals surface area contributed by atoms with E-state index in [1.54, 1.807) is 23.8 Å². The minimum Gasteiger partial charge on any atom is -0.377 e. The zero-order chi connectivity index (χ0) is 26.5. The summed E-state index contributed by atoms with van der Waals surface area (Å²) in [7, 11) is 0. The van der Waals surface area contributed by atoms with Crippen LogP contribution in [0.25, 0.3) is 10.9 Å². The molecule has 1 saturated heterocycles. The van der Waals surface area contributed by atoms with Crippen LogP contribution in [0.2, 0.25) is 0 Å². The van der Waals surface area contributed by atoms with E-state index in [2.05, 4.69) is 16.3 Å². The molecule has 0 bridgehead atoms. The van der Waals surface area contributed by atoms with Crippen LogP contribution in [-0.2, 0) is 10.3 Å². The second-order valence-electron chi connectivity index (χ2n) is 10.9. The maximum atomic E-state index is 14.3. The van der Waals surface area contributed by atoms with E-state index in [4.69, 9.17) is 14.7 Å². The van der Waals surface area contributed by atoms with Crippen molar-refractivity contribution in [2.24, 2.45) is 0 Å². The Morgan fingerprint density at radius 2 is 2.03 bits per heavy atom. The van der Waals surface area contributed by atoms with Gasteiger partial charge in [0.2, 0.25) is 0 Å². The van der Waals surface area contributed by atoms with Gasteiger partial charge in [-0.15, -0.1) is 0 Å². The summed E-state index contributed by atoms with van der Waals surface area (Å²) in [4.78, 5) is 25.5. The molecule has 194 valence electrons. The fourth-order valence-electron chi connectivity index (χ4n) is 5.38. The molecule has 1 aromatic carbocycles. The molecule has 9 heteroatoms. The lowest BCUT2D eigenvalue weighted by Crippen LogP contribution is -2.55. The zero-order valence-electron chi connectivity index (χ0n) is 22.1. The second kappa shape index (κ2) is 9.10. The number of aromatic nitrogens is 3. The first-order valence-corrected chi connectivity index (χ1v) is 12.7. The highest BCUT2D eigenvalue weighted by Gasteiger charge is 2.47. The summed E-state index contributed by atoms with van der Waals surface area (Å²) in [6.45, 7) is 10.7. The van der Waals surface area contributed by atoms with Gasteiger partial charge in [0, 0.05) is 12.7 Å². The minimum absolute atomic E-state index is 0.175. The number of hydrogen-bond acceptors (Lipinski definition) is 7. The lowest BCUT2D eigenvalue weighted by Gasteiger charge is -2.43. The Bertz CT molecular complexity index is 1470. The molecule has 1 atom stereocenters. The minimum atomic E-state index is -0.818. The Kier molecular flexibility index (Phi) is 6.19. The Morgan fingerprint density at radius 1 is 1.27 bits per heavy atom. The topological polar surface area (TPSA) is 96.1 Å². The molecule has 0 radical (unpaired) electrons. The fourth-order valence-corrected chi connectivity index (χ4v) is 5.38. The van der Waals surface area contributed by atoms with E-state index in [0.29, 0.717) is 66.4 Å². The molecular weight excluding hydrogens is 471 g/mol. The number of nitrogens with one attached hydrogen (secondary N) is 1. The van der Waals surface area contributed by atoms with E-state index < -0.39 is 17.8 Å². The number of hydrogen-bond donors (Lipinski definition) is 1. The van der Waals surface area contributed by atoms with Crippen molar-refractivity contribution < 1.29 is 9.13 Å². The third-order valence-corrected chi connectivity index (χ3v) is 7.78. The molecule has 3 heterocycles. The highest BCUT2D eigenvalue weighted by molar-refractivity contribution is 5.97. The standard InChI is InChI=1S/C28H33FN6O2/c1-17-20(13-30)7-6-8-21(17)18(2)31-25-22-14-35(28(15-29)9-10-28)26(36)24(23(22)32-19(3)33-25)34-11-12-37-16-27(34,4)5/h6-8,14,18H,9-12,15-16H2,1-5H3,(H,31,32,33)/t18-/m1/s1. The second-order valence-corrected chi connectivity index (χ2v) is 10.9. The van der Waals surface area contributed by atoms with Gasteiger partial charge in [-0.05, 0) is 64.7 Å². The molecule has 2 fully saturated rings. The Labute approximate surface area is 216 Å². The number of benzene rings is 1. The fraction of sp³-hybridized carbons (Fsp3) is 0.500. The van der Waals surface area contributed by atoms with Crippen LogP contribution in [-0.4, -0.2) is 46.5 Å². The maximum absolute atomic E-state index is 14.3. The molecule has 5 rings (SSSR count). The summed E-state index contributed by atoms with van der Waals surface area (Å²) < 4.78 is 21.6. The lowest BCUT2D eigenvalue weighted by molar-refractivity contribution is 0.0643. The van der Waals surface area contributed by atoms with Crippen molar-refractivity contribution in [3.8, 4) is 6.07 Å². The molecule has 3 aromatic rings. The van der Waals surface area contributed by atoms with Crippen molar-refractivity contribution in [2.75, 3.05) is 36.6 Å². The van der Waals surface area contributed by atoms with Crippen LogP contribution in [0.1, 0.15) is 62.2 Å². The number of nitriles is 1. The number of anilines is 2. The maximum Gasteiger partial charge on any atom is 0.277 e. The number of halogens is 1. The van der Waals surface area contributed by atoms with Crippen LogP contribution in [0, 0.1) is 25.2 Å². The van der Waals surface area contributed by atoms with E-state index in [1.807, 2.05) is 39.8 Å². The van der Waals surface area contributed by atoms with Crippen LogP contribution >= 0.6 is 0 Å². The molecule has 0 amide bonds. The van der Waals surface area contributed by atoms with Crippen molar-refractivity contribution in [1.82, 2.24) is 14.5 Å². The summed E-state index contributed by atoms with van der Waals surface area (Å²) >= 11 is 0. The number of ether oxygens (including phenoxy) is 1. The predicted molar refractivity (Wildman–Crippen MR) is 142 cm³/mol. The predicted octanol–water partition coefficient (Wildman–Crippen LogP) is 4.53. The molecule has 1 aliphatic carbocycles. The van der Waals surface area contributed by atoms with Crippen LogP contribution in [0.5, 0.6) is 0 Å². The number of fused-ring (bicyclic) bond motifs is 1. The first-order valence-electron chi connectivity index (χ1n) is 12.7. The van der Waals surface area contributed by atoms with Gasteiger partial charge in [-0.2, -0.15) is 5.26 Å². The van der Waals surface area contributed by atoms with E-state index in [1.165, 1.54) is 0 Å². The average molecular weight is 505 g/mol. The molecule has 37 heavy (non-hydrogen) atoms. The summed E-state index contributed by atoms with van der Waals surface area (Å²) in [5.41, 5.74) is 2.04.